The number of aromatic nitrogens is 2. The van der Waals surface area contributed by atoms with Crippen molar-refractivity contribution in [1.29, 1.82) is 0 Å². The lowest BCUT2D eigenvalue weighted by molar-refractivity contribution is -0.137. The summed E-state index contributed by atoms with van der Waals surface area (Å²) in [7, 11) is 0. The highest BCUT2D eigenvalue weighted by Gasteiger charge is 2.35. The van der Waals surface area contributed by atoms with Gasteiger partial charge in [-0.25, -0.2) is 4.98 Å². The summed E-state index contributed by atoms with van der Waals surface area (Å²) in [5.41, 5.74) is 9.83. The molecule has 7 nitrogen and oxygen atoms in total. The van der Waals surface area contributed by atoms with Gasteiger partial charge in [-0.15, -0.1) is 0 Å². The van der Waals surface area contributed by atoms with Crippen molar-refractivity contribution in [2.75, 3.05) is 4.90 Å². The molecule has 0 fully saturated rings. The van der Waals surface area contributed by atoms with Crippen LogP contribution in [0, 0.1) is 0 Å². The Balaban J connectivity index is 1.45. The fraction of sp³-hybridized carbons (Fsp3) is 0.281. The van der Waals surface area contributed by atoms with Crippen LogP contribution in [0.25, 0.3) is 22.4 Å². The van der Waals surface area contributed by atoms with E-state index in [0.717, 1.165) is 40.1 Å². The number of rotatable bonds is 7. The number of alkyl halides is 3. The van der Waals surface area contributed by atoms with Gasteiger partial charge in [0.15, 0.2) is 0 Å². The molecule has 0 bridgehead atoms. The number of aryl methyl sites for hydroxylation is 1. The molecule has 4 N–H and O–H groups in total. The van der Waals surface area contributed by atoms with Gasteiger partial charge in [0, 0.05) is 23.2 Å². The van der Waals surface area contributed by atoms with Crippen molar-refractivity contribution < 1.29 is 22.8 Å². The molecule has 3 aromatic carbocycles. The van der Waals surface area contributed by atoms with Crippen LogP contribution in [0.3, 0.4) is 0 Å². The van der Waals surface area contributed by atoms with E-state index in [4.69, 9.17) is 5.73 Å². The molecule has 42 heavy (non-hydrogen) atoms. The molecule has 2 amide bonds. The van der Waals surface area contributed by atoms with Gasteiger partial charge in [0.2, 0.25) is 11.8 Å². The van der Waals surface area contributed by atoms with E-state index in [1.165, 1.54) is 11.0 Å². The Morgan fingerprint density at radius 2 is 1.79 bits per heavy atom. The minimum absolute atomic E-state index is 0.00341. The van der Waals surface area contributed by atoms with E-state index < -0.39 is 23.3 Å². The van der Waals surface area contributed by atoms with E-state index >= 15 is 0 Å². The van der Waals surface area contributed by atoms with Crippen molar-refractivity contribution in [3.8, 4) is 22.4 Å². The number of fused-ring (bicyclic) bond motifs is 1. The number of carbonyl (C=O) groups is 2. The van der Waals surface area contributed by atoms with Crippen molar-refractivity contribution in [2.24, 2.45) is 5.73 Å². The van der Waals surface area contributed by atoms with Crippen LogP contribution in [0.1, 0.15) is 43.4 Å². The van der Waals surface area contributed by atoms with E-state index in [1.807, 2.05) is 48.5 Å². The number of benzene rings is 3. The van der Waals surface area contributed by atoms with E-state index in [2.05, 4.69) is 15.3 Å². The Morgan fingerprint density at radius 1 is 1.07 bits per heavy atom. The van der Waals surface area contributed by atoms with Gasteiger partial charge in [0.1, 0.15) is 6.04 Å². The van der Waals surface area contributed by atoms with Gasteiger partial charge in [0.25, 0.3) is 0 Å². The highest BCUT2D eigenvalue weighted by atomic mass is 19.4. The van der Waals surface area contributed by atoms with E-state index in [1.54, 1.807) is 26.4 Å². The Kier molecular flexibility index (Phi) is 7.92. The fourth-order valence-electron chi connectivity index (χ4n) is 5.26. The third-order valence-corrected chi connectivity index (χ3v) is 7.24. The molecule has 2 heterocycles. The molecule has 0 saturated carbocycles. The largest absolute Gasteiger partial charge is 0.416 e. The third-order valence-electron chi connectivity index (χ3n) is 7.24. The van der Waals surface area contributed by atoms with Gasteiger partial charge < -0.3 is 20.9 Å². The molecule has 1 aromatic heterocycles. The van der Waals surface area contributed by atoms with Gasteiger partial charge in [0.05, 0.1) is 30.3 Å². The van der Waals surface area contributed by atoms with Gasteiger partial charge in [-0.1, -0.05) is 48.5 Å². The topological polar surface area (TPSA) is 104 Å². The molecule has 0 saturated heterocycles. The van der Waals surface area contributed by atoms with Crippen molar-refractivity contribution in [3.05, 3.63) is 95.9 Å². The molecule has 4 aromatic rings. The van der Waals surface area contributed by atoms with Gasteiger partial charge in [-0.3, -0.25) is 9.59 Å². The first kappa shape index (κ1) is 29.1. The molecule has 0 aliphatic carbocycles. The summed E-state index contributed by atoms with van der Waals surface area (Å²) in [4.78, 5) is 35.2. The van der Waals surface area contributed by atoms with Crippen molar-refractivity contribution in [3.63, 3.8) is 0 Å². The minimum atomic E-state index is -4.52. The highest BCUT2D eigenvalue weighted by Crippen LogP contribution is 2.36. The van der Waals surface area contributed by atoms with Crippen LogP contribution in [-0.4, -0.2) is 33.4 Å². The number of nitrogens with zero attached hydrogens (tertiary/aromatic N) is 2. The second kappa shape index (κ2) is 11.4. The van der Waals surface area contributed by atoms with Gasteiger partial charge >= 0.3 is 6.18 Å². The summed E-state index contributed by atoms with van der Waals surface area (Å²) < 4.78 is 40.6. The number of H-pyrrole nitrogens is 1. The molecule has 1 atom stereocenters. The van der Waals surface area contributed by atoms with Crippen LogP contribution in [-0.2, 0) is 28.7 Å². The Labute approximate surface area is 242 Å². The smallest absolute Gasteiger partial charge is 0.345 e. The zero-order valence-electron chi connectivity index (χ0n) is 23.3. The number of nitrogens with one attached hydrogen (secondary N) is 2. The zero-order valence-corrected chi connectivity index (χ0v) is 23.3. The highest BCUT2D eigenvalue weighted by molar-refractivity contribution is 6.00. The first-order chi connectivity index (χ1) is 19.9. The SMILES string of the molecule is CC(C)(N)CC(=O)N[C@@H]1CCc2cc(C(F)(F)F)ccc2N(Cc2ccc(-c3ccccc3-c3cnc[nH]3)cc2)C1=O. The molecule has 1 aliphatic rings. The van der Waals surface area contributed by atoms with Crippen LogP contribution in [0.2, 0.25) is 0 Å². The summed E-state index contributed by atoms with van der Waals surface area (Å²) in [5, 5.41) is 2.77. The maximum atomic E-state index is 13.8. The molecular weight excluding hydrogens is 543 g/mol. The van der Waals surface area contributed by atoms with Gasteiger partial charge in [-0.2, -0.15) is 13.2 Å². The summed E-state index contributed by atoms with van der Waals surface area (Å²) in [6.45, 7) is 3.53. The Bertz CT molecular complexity index is 1580. The second-order valence-corrected chi connectivity index (χ2v) is 11.3. The lowest BCUT2D eigenvalue weighted by Gasteiger charge is -2.27. The maximum absolute atomic E-state index is 13.8. The van der Waals surface area contributed by atoms with Crippen LogP contribution >= 0.6 is 0 Å². The molecule has 218 valence electrons. The first-order valence-electron chi connectivity index (χ1n) is 13.7. The van der Waals surface area contributed by atoms with E-state index in [9.17, 15) is 22.8 Å². The molecule has 0 spiro atoms. The second-order valence-electron chi connectivity index (χ2n) is 11.3. The quantitative estimate of drug-likeness (QED) is 0.257. The summed E-state index contributed by atoms with van der Waals surface area (Å²) in [6, 6.07) is 18.1. The molecule has 10 heteroatoms. The number of amides is 2. The van der Waals surface area contributed by atoms with E-state index in [-0.39, 0.29) is 37.6 Å². The van der Waals surface area contributed by atoms with Crippen LogP contribution in [0.15, 0.2) is 79.3 Å². The predicted octanol–water partition coefficient (Wildman–Crippen LogP) is 5.85. The molecule has 5 rings (SSSR count). The Hall–Kier alpha value is -4.44. The summed E-state index contributed by atoms with van der Waals surface area (Å²) >= 11 is 0. The van der Waals surface area contributed by atoms with Crippen molar-refractivity contribution in [2.45, 2.75) is 57.4 Å². The number of imidazole rings is 1. The standard InChI is InChI=1S/C32H32F3N5O2/c1-31(2,36)16-29(41)39-26-13-11-22-15-23(32(33,34)35)12-14-28(22)40(30(26)42)18-20-7-9-21(10-8-20)24-5-3-4-6-25(24)27-17-37-19-38-27/h3-10,12,14-15,17,19,26H,11,13,16,18,36H2,1-2H3,(H,37,38)(H,39,41)/t26-/m1/s1. The first-order valence-corrected chi connectivity index (χ1v) is 13.7. The van der Waals surface area contributed by atoms with Gasteiger partial charge in [-0.05, 0) is 67.1 Å². The van der Waals surface area contributed by atoms with Crippen LogP contribution in [0.5, 0.6) is 0 Å². The Morgan fingerprint density at radius 3 is 2.43 bits per heavy atom. The molecule has 1 aliphatic heterocycles. The van der Waals surface area contributed by atoms with Crippen molar-refractivity contribution >= 4 is 17.5 Å². The third kappa shape index (κ3) is 6.54. The number of halogens is 3. The van der Waals surface area contributed by atoms with Crippen molar-refractivity contribution in [1.82, 2.24) is 15.3 Å². The lowest BCUT2D eigenvalue weighted by Crippen LogP contribution is -2.49. The number of nitrogens with two attached hydrogens (primary N) is 1. The monoisotopic (exact) mass is 575 g/mol. The number of anilines is 1. The maximum Gasteiger partial charge on any atom is 0.416 e. The molecule has 0 radical (unpaired) electrons. The van der Waals surface area contributed by atoms with Crippen LogP contribution in [0.4, 0.5) is 18.9 Å². The normalized spacial score (nSPS) is 15.7. The molecular formula is C32H32F3N5O2. The lowest BCUT2D eigenvalue weighted by atomic mass is 9.97. The number of hydrogen-bond donors (Lipinski definition) is 3. The fourth-order valence-corrected chi connectivity index (χ4v) is 5.26. The number of carbonyl (C=O) groups excluding carboxylic acids is 2. The zero-order chi connectivity index (χ0) is 30.1. The molecule has 0 unspecified atom stereocenters. The predicted molar refractivity (Wildman–Crippen MR) is 155 cm³/mol. The van der Waals surface area contributed by atoms with E-state index in [0.29, 0.717) is 11.3 Å². The summed E-state index contributed by atoms with van der Waals surface area (Å²) in [5.74, 6) is -0.770. The van der Waals surface area contributed by atoms with Crippen LogP contribution < -0.4 is 16.0 Å². The average Bonchev–Trinajstić information content (AvgIpc) is 3.44. The average molecular weight is 576 g/mol. The number of aromatic amines is 1. The number of hydrogen-bond acceptors (Lipinski definition) is 4. The summed E-state index contributed by atoms with van der Waals surface area (Å²) in [6.07, 6.45) is -0.771. The minimum Gasteiger partial charge on any atom is -0.345 e.